The first-order chi connectivity index (χ1) is 12.8. The number of thiophene rings is 1. The highest BCUT2D eigenvalue weighted by molar-refractivity contribution is 7.13. The van der Waals surface area contributed by atoms with Gasteiger partial charge >= 0.3 is 0 Å². The lowest BCUT2D eigenvalue weighted by Crippen LogP contribution is -2.37. The van der Waals surface area contributed by atoms with Crippen molar-refractivity contribution in [1.82, 2.24) is 19.4 Å². The SMILES string of the molecule is Cc1ccsc1-c1ncn(CCCN2CCOCC2)c1-c1ccncc1. The van der Waals surface area contributed by atoms with Gasteiger partial charge in [-0.3, -0.25) is 9.88 Å². The number of morpholine rings is 1. The number of nitrogens with zero attached hydrogens (tertiary/aromatic N) is 4. The van der Waals surface area contributed by atoms with E-state index in [1.165, 1.54) is 21.7 Å². The van der Waals surface area contributed by atoms with Crippen molar-refractivity contribution in [2.24, 2.45) is 0 Å². The van der Waals surface area contributed by atoms with Gasteiger partial charge in [0.15, 0.2) is 0 Å². The molecule has 0 aromatic carbocycles. The molecular weight excluding hydrogens is 344 g/mol. The molecule has 1 aliphatic rings. The van der Waals surface area contributed by atoms with Gasteiger partial charge in [-0.25, -0.2) is 4.98 Å². The van der Waals surface area contributed by atoms with Crippen LogP contribution in [0.4, 0.5) is 0 Å². The van der Waals surface area contributed by atoms with E-state index in [0.29, 0.717) is 0 Å². The Balaban J connectivity index is 1.58. The lowest BCUT2D eigenvalue weighted by Gasteiger charge is -2.26. The molecule has 0 aliphatic carbocycles. The maximum absolute atomic E-state index is 5.44. The summed E-state index contributed by atoms with van der Waals surface area (Å²) >= 11 is 1.76. The molecule has 136 valence electrons. The largest absolute Gasteiger partial charge is 0.379 e. The molecule has 4 rings (SSSR count). The van der Waals surface area contributed by atoms with Gasteiger partial charge in [-0.05, 0) is 42.5 Å². The summed E-state index contributed by atoms with van der Waals surface area (Å²) < 4.78 is 7.73. The van der Waals surface area contributed by atoms with Gasteiger partial charge in [0, 0.05) is 44.1 Å². The van der Waals surface area contributed by atoms with Crippen molar-refractivity contribution in [3.63, 3.8) is 0 Å². The summed E-state index contributed by atoms with van der Waals surface area (Å²) in [5, 5.41) is 2.14. The maximum atomic E-state index is 5.44. The second-order valence-electron chi connectivity index (χ2n) is 6.61. The summed E-state index contributed by atoms with van der Waals surface area (Å²) in [6, 6.07) is 6.30. The van der Waals surface area contributed by atoms with Crippen LogP contribution in [-0.2, 0) is 11.3 Å². The number of rotatable bonds is 6. The molecule has 6 heteroatoms. The number of aromatic nitrogens is 3. The maximum Gasteiger partial charge on any atom is 0.106 e. The Hall–Kier alpha value is -2.02. The molecule has 0 N–H and O–H groups in total. The lowest BCUT2D eigenvalue weighted by molar-refractivity contribution is 0.0369. The molecule has 1 saturated heterocycles. The quantitative estimate of drug-likeness (QED) is 0.665. The number of hydrogen-bond acceptors (Lipinski definition) is 5. The van der Waals surface area contributed by atoms with Crippen molar-refractivity contribution < 1.29 is 4.74 Å². The number of hydrogen-bond donors (Lipinski definition) is 0. The van der Waals surface area contributed by atoms with Crippen LogP contribution in [-0.4, -0.2) is 52.3 Å². The van der Waals surface area contributed by atoms with Crippen LogP contribution in [0.3, 0.4) is 0 Å². The molecule has 0 amide bonds. The third-order valence-electron chi connectivity index (χ3n) is 4.85. The second-order valence-corrected chi connectivity index (χ2v) is 7.53. The topological polar surface area (TPSA) is 43.2 Å². The van der Waals surface area contributed by atoms with Crippen LogP contribution >= 0.6 is 11.3 Å². The standard InChI is InChI=1S/C20H24N4OS/c1-16-5-14-26-20(16)18-19(17-3-6-21-7-4-17)24(15-22-18)9-2-8-23-10-12-25-13-11-23/h3-7,14-15H,2,8-13H2,1H3. The van der Waals surface area contributed by atoms with Gasteiger partial charge in [0.2, 0.25) is 0 Å². The molecule has 5 nitrogen and oxygen atoms in total. The van der Waals surface area contributed by atoms with Crippen molar-refractivity contribution >= 4 is 11.3 Å². The first kappa shape index (κ1) is 17.4. The summed E-state index contributed by atoms with van der Waals surface area (Å²) in [6.07, 6.45) is 6.80. The van der Waals surface area contributed by atoms with Crippen molar-refractivity contribution in [3.8, 4) is 21.8 Å². The summed E-state index contributed by atoms with van der Waals surface area (Å²) in [6.45, 7) is 8.02. The van der Waals surface area contributed by atoms with Gasteiger partial charge in [0.1, 0.15) is 5.69 Å². The van der Waals surface area contributed by atoms with Crippen molar-refractivity contribution in [3.05, 3.63) is 47.9 Å². The van der Waals surface area contributed by atoms with E-state index in [9.17, 15) is 0 Å². The fraction of sp³-hybridized carbons (Fsp3) is 0.400. The fourth-order valence-electron chi connectivity index (χ4n) is 3.44. The van der Waals surface area contributed by atoms with Gasteiger partial charge < -0.3 is 9.30 Å². The Labute approximate surface area is 158 Å². The van der Waals surface area contributed by atoms with E-state index in [-0.39, 0.29) is 0 Å². The van der Waals surface area contributed by atoms with Crippen LogP contribution < -0.4 is 0 Å². The molecule has 4 heterocycles. The van der Waals surface area contributed by atoms with Crippen LogP contribution in [0.5, 0.6) is 0 Å². The summed E-state index contributed by atoms with van der Waals surface area (Å²) in [5.41, 5.74) is 4.73. The molecule has 0 unspecified atom stereocenters. The smallest absolute Gasteiger partial charge is 0.106 e. The minimum absolute atomic E-state index is 0.856. The van der Waals surface area contributed by atoms with E-state index >= 15 is 0 Å². The zero-order valence-corrected chi connectivity index (χ0v) is 15.9. The van der Waals surface area contributed by atoms with Crippen molar-refractivity contribution in [1.29, 1.82) is 0 Å². The van der Waals surface area contributed by atoms with Crippen LogP contribution in [0.15, 0.2) is 42.3 Å². The molecule has 26 heavy (non-hydrogen) atoms. The summed E-state index contributed by atoms with van der Waals surface area (Å²) in [4.78, 5) is 12.7. The highest BCUT2D eigenvalue weighted by atomic mass is 32.1. The Morgan fingerprint density at radius 1 is 1.12 bits per heavy atom. The van der Waals surface area contributed by atoms with E-state index < -0.39 is 0 Å². The second kappa shape index (κ2) is 8.12. The predicted octanol–water partition coefficient (Wildman–Crippen LogP) is 3.70. The minimum atomic E-state index is 0.856. The van der Waals surface area contributed by atoms with Crippen molar-refractivity contribution in [2.45, 2.75) is 19.9 Å². The minimum Gasteiger partial charge on any atom is -0.379 e. The molecular formula is C20H24N4OS. The first-order valence-corrected chi connectivity index (χ1v) is 10.0. The lowest BCUT2D eigenvalue weighted by atomic mass is 10.1. The average Bonchev–Trinajstić information content (AvgIpc) is 3.29. The molecule has 0 radical (unpaired) electrons. The van der Waals surface area contributed by atoms with Crippen LogP contribution in [0, 0.1) is 6.92 Å². The van der Waals surface area contributed by atoms with Crippen LogP contribution in [0.25, 0.3) is 21.8 Å². The molecule has 0 bridgehead atoms. The molecule has 0 atom stereocenters. The normalized spacial score (nSPS) is 15.4. The van der Waals surface area contributed by atoms with Crippen LogP contribution in [0.2, 0.25) is 0 Å². The first-order valence-electron chi connectivity index (χ1n) is 9.13. The summed E-state index contributed by atoms with van der Waals surface area (Å²) in [7, 11) is 0. The van der Waals surface area contributed by atoms with Gasteiger partial charge in [0.05, 0.1) is 30.1 Å². The third-order valence-corrected chi connectivity index (χ3v) is 5.87. The molecule has 1 aliphatic heterocycles. The number of imidazole rings is 1. The third kappa shape index (κ3) is 3.72. The van der Waals surface area contributed by atoms with E-state index in [1.54, 1.807) is 11.3 Å². The number of pyridine rings is 1. The Morgan fingerprint density at radius 2 is 1.92 bits per heavy atom. The number of aryl methyl sites for hydroxylation is 2. The number of ether oxygens (including phenoxy) is 1. The van der Waals surface area contributed by atoms with Gasteiger partial charge in [-0.15, -0.1) is 11.3 Å². The van der Waals surface area contributed by atoms with Gasteiger partial charge in [-0.1, -0.05) is 0 Å². The van der Waals surface area contributed by atoms with Gasteiger partial charge in [0.25, 0.3) is 0 Å². The fourth-order valence-corrected chi connectivity index (χ4v) is 4.36. The Morgan fingerprint density at radius 3 is 2.65 bits per heavy atom. The Kier molecular flexibility index (Phi) is 5.43. The molecule has 3 aromatic rings. The highest BCUT2D eigenvalue weighted by Gasteiger charge is 2.18. The van der Waals surface area contributed by atoms with Gasteiger partial charge in [-0.2, -0.15) is 0 Å². The average molecular weight is 369 g/mol. The predicted molar refractivity (Wildman–Crippen MR) is 105 cm³/mol. The molecule has 0 saturated carbocycles. The van der Waals surface area contributed by atoms with E-state index in [4.69, 9.17) is 9.72 Å². The molecule has 0 spiro atoms. The van der Waals surface area contributed by atoms with E-state index in [2.05, 4.69) is 45.0 Å². The van der Waals surface area contributed by atoms with Crippen LogP contribution in [0.1, 0.15) is 12.0 Å². The van der Waals surface area contributed by atoms with Crippen molar-refractivity contribution in [2.75, 3.05) is 32.8 Å². The monoisotopic (exact) mass is 368 g/mol. The zero-order chi connectivity index (χ0) is 17.8. The zero-order valence-electron chi connectivity index (χ0n) is 15.1. The van der Waals surface area contributed by atoms with E-state index in [1.807, 2.05) is 18.7 Å². The van der Waals surface area contributed by atoms with E-state index in [0.717, 1.165) is 51.5 Å². The highest BCUT2D eigenvalue weighted by Crippen LogP contribution is 2.36. The molecule has 1 fully saturated rings. The Bertz CT molecular complexity index is 837. The molecule has 3 aromatic heterocycles. The summed E-state index contributed by atoms with van der Waals surface area (Å²) in [5.74, 6) is 0.